The summed E-state index contributed by atoms with van der Waals surface area (Å²) in [5, 5.41) is 2.78. The molecule has 0 aliphatic carbocycles. The van der Waals surface area contributed by atoms with Crippen LogP contribution in [0.3, 0.4) is 0 Å². The fourth-order valence-corrected chi connectivity index (χ4v) is 2.87. The van der Waals surface area contributed by atoms with E-state index in [1.165, 1.54) is 0 Å². The van der Waals surface area contributed by atoms with Gasteiger partial charge in [-0.1, -0.05) is 50.6 Å². The quantitative estimate of drug-likeness (QED) is 0.622. The summed E-state index contributed by atoms with van der Waals surface area (Å²) in [7, 11) is 0. The average molecular weight is 399 g/mol. The summed E-state index contributed by atoms with van der Waals surface area (Å²) in [6, 6.07) is 8.92. The van der Waals surface area contributed by atoms with Gasteiger partial charge in [-0.2, -0.15) is 0 Å². The monoisotopic (exact) mass is 398 g/mol. The van der Waals surface area contributed by atoms with Crippen molar-refractivity contribution in [3.05, 3.63) is 35.9 Å². The van der Waals surface area contributed by atoms with E-state index in [0.717, 1.165) is 12.0 Å². The topological polar surface area (TPSA) is 90.7 Å². The summed E-state index contributed by atoms with van der Waals surface area (Å²) >= 11 is 0. The predicted octanol–water partition coefficient (Wildman–Crippen LogP) is 2.23. The van der Waals surface area contributed by atoms with E-state index in [2.05, 4.69) is 19.2 Å². The fraction of sp³-hybridized carbons (Fsp3) is 0.600. The van der Waals surface area contributed by atoms with Crippen LogP contribution in [0, 0.1) is 5.92 Å². The average Bonchev–Trinajstić information content (AvgIpc) is 3.04. The minimum absolute atomic E-state index is 0. The third-order valence-electron chi connectivity index (χ3n) is 5.07. The summed E-state index contributed by atoms with van der Waals surface area (Å²) in [5.41, 5.74) is 6.05. The molecule has 1 aliphatic rings. The number of nitrogens with one attached hydrogen (secondary N) is 1. The molecule has 2 unspecified atom stereocenters. The number of halogens is 1. The first-order valence-electron chi connectivity index (χ1n) is 9.26. The van der Waals surface area contributed by atoms with Gasteiger partial charge in [0, 0.05) is 18.9 Å². The molecule has 0 bridgehead atoms. The first kappa shape index (κ1) is 23.4. The van der Waals surface area contributed by atoms with Crippen molar-refractivity contribution in [3.63, 3.8) is 0 Å². The van der Waals surface area contributed by atoms with E-state index in [0.29, 0.717) is 25.4 Å². The smallest absolute Gasteiger partial charge is 0.328 e. The van der Waals surface area contributed by atoms with E-state index >= 15 is 0 Å². The standard InChI is InChI=1S/C20H30N2O4.ClH/c1-4-14(2)16(21)13-26-20(3,12-15-8-6-5-7-9-15)19(24)22-17-10-11-25-18(17)23;/h5-9,14,16-17H,4,10-13,21H2,1-3H3,(H,22,24);1H/t14-,16?,17-,20?;/m0./s1. The molecule has 2 rings (SSSR count). The van der Waals surface area contributed by atoms with E-state index in [9.17, 15) is 9.59 Å². The zero-order valence-corrected chi connectivity index (χ0v) is 17.1. The molecule has 6 nitrogen and oxygen atoms in total. The van der Waals surface area contributed by atoms with Crippen LogP contribution in [-0.4, -0.2) is 42.8 Å². The Bertz CT molecular complexity index is 613. The lowest BCUT2D eigenvalue weighted by molar-refractivity contribution is -0.150. The Morgan fingerprint density at radius 1 is 1.41 bits per heavy atom. The van der Waals surface area contributed by atoms with E-state index in [1.807, 2.05) is 30.3 Å². The molecule has 0 saturated carbocycles. The van der Waals surface area contributed by atoms with Crippen LogP contribution in [0.4, 0.5) is 0 Å². The van der Waals surface area contributed by atoms with Crippen LogP contribution >= 0.6 is 12.4 Å². The largest absolute Gasteiger partial charge is 0.464 e. The maximum Gasteiger partial charge on any atom is 0.328 e. The normalized spacial score (nSPS) is 20.7. The van der Waals surface area contributed by atoms with Gasteiger partial charge in [0.1, 0.15) is 11.6 Å². The molecule has 1 aromatic carbocycles. The second-order valence-electron chi connectivity index (χ2n) is 7.24. The second-order valence-corrected chi connectivity index (χ2v) is 7.24. The molecule has 0 aromatic heterocycles. The molecule has 1 saturated heterocycles. The van der Waals surface area contributed by atoms with Gasteiger partial charge in [0.05, 0.1) is 13.2 Å². The number of hydrogen-bond acceptors (Lipinski definition) is 5. The summed E-state index contributed by atoms with van der Waals surface area (Å²) in [6.07, 6.45) is 1.83. The van der Waals surface area contributed by atoms with Gasteiger partial charge in [0.15, 0.2) is 0 Å². The zero-order valence-electron chi connectivity index (χ0n) is 16.3. The highest BCUT2D eigenvalue weighted by molar-refractivity contribution is 5.90. The van der Waals surface area contributed by atoms with Crippen LogP contribution in [0.2, 0.25) is 0 Å². The van der Waals surface area contributed by atoms with Gasteiger partial charge in [-0.3, -0.25) is 4.79 Å². The predicted molar refractivity (Wildman–Crippen MR) is 107 cm³/mol. The Balaban J connectivity index is 0.00000364. The minimum atomic E-state index is -1.12. The lowest BCUT2D eigenvalue weighted by Crippen LogP contribution is -2.53. The number of benzene rings is 1. The molecular formula is C20H31ClN2O4. The molecule has 1 heterocycles. The van der Waals surface area contributed by atoms with Gasteiger partial charge in [-0.05, 0) is 18.4 Å². The van der Waals surface area contributed by atoms with Gasteiger partial charge in [0.25, 0.3) is 5.91 Å². The highest BCUT2D eigenvalue weighted by Crippen LogP contribution is 2.21. The highest BCUT2D eigenvalue weighted by atomic mass is 35.5. The van der Waals surface area contributed by atoms with Crippen LogP contribution < -0.4 is 11.1 Å². The second kappa shape index (κ2) is 10.6. The summed E-state index contributed by atoms with van der Waals surface area (Å²) in [4.78, 5) is 24.6. The van der Waals surface area contributed by atoms with Crippen molar-refractivity contribution in [1.82, 2.24) is 5.32 Å². The van der Waals surface area contributed by atoms with Crippen molar-refractivity contribution in [3.8, 4) is 0 Å². The number of carbonyl (C=O) groups is 2. The van der Waals surface area contributed by atoms with E-state index in [1.54, 1.807) is 6.92 Å². The number of ether oxygens (including phenoxy) is 2. The van der Waals surface area contributed by atoms with Crippen LogP contribution in [0.15, 0.2) is 30.3 Å². The van der Waals surface area contributed by atoms with E-state index < -0.39 is 17.6 Å². The number of amides is 1. The lowest BCUT2D eigenvalue weighted by Gasteiger charge is -2.32. The van der Waals surface area contributed by atoms with Crippen molar-refractivity contribution < 1.29 is 19.1 Å². The number of carbonyl (C=O) groups excluding carboxylic acids is 2. The minimum Gasteiger partial charge on any atom is -0.464 e. The van der Waals surface area contributed by atoms with Crippen LogP contribution in [-0.2, 0) is 25.5 Å². The van der Waals surface area contributed by atoms with E-state index in [4.69, 9.17) is 15.2 Å². The van der Waals surface area contributed by atoms with Crippen molar-refractivity contribution >= 4 is 24.3 Å². The number of hydrogen-bond donors (Lipinski definition) is 2. The molecule has 1 amide bonds. The molecule has 7 heteroatoms. The third kappa shape index (κ3) is 6.48. The number of nitrogens with two attached hydrogens (primary N) is 1. The Labute approximate surface area is 167 Å². The van der Waals surface area contributed by atoms with Gasteiger partial charge >= 0.3 is 5.97 Å². The van der Waals surface area contributed by atoms with Crippen molar-refractivity contribution in [2.24, 2.45) is 11.7 Å². The van der Waals surface area contributed by atoms with E-state index in [-0.39, 0.29) is 31.0 Å². The first-order valence-corrected chi connectivity index (χ1v) is 9.26. The van der Waals surface area contributed by atoms with Crippen molar-refractivity contribution in [2.45, 2.75) is 57.7 Å². The van der Waals surface area contributed by atoms with Crippen LogP contribution in [0.25, 0.3) is 0 Å². The van der Waals surface area contributed by atoms with Crippen LogP contribution in [0.5, 0.6) is 0 Å². The Hall–Kier alpha value is -1.63. The molecule has 0 radical (unpaired) electrons. The van der Waals surface area contributed by atoms with Gasteiger partial charge in [-0.15, -0.1) is 12.4 Å². The van der Waals surface area contributed by atoms with Gasteiger partial charge in [-0.25, -0.2) is 4.79 Å². The molecule has 1 fully saturated rings. The summed E-state index contributed by atoms with van der Waals surface area (Å²) in [6.45, 7) is 6.50. The van der Waals surface area contributed by atoms with Gasteiger partial charge in [0.2, 0.25) is 0 Å². The van der Waals surface area contributed by atoms with Gasteiger partial charge < -0.3 is 20.5 Å². The summed E-state index contributed by atoms with van der Waals surface area (Å²) < 4.78 is 11.0. The molecule has 3 N–H and O–H groups in total. The Kier molecular flexibility index (Phi) is 9.22. The lowest BCUT2D eigenvalue weighted by atomic mass is 9.94. The number of esters is 1. The number of rotatable bonds is 9. The molecule has 1 aromatic rings. The van der Waals surface area contributed by atoms with Crippen molar-refractivity contribution in [1.29, 1.82) is 0 Å². The highest BCUT2D eigenvalue weighted by Gasteiger charge is 2.39. The first-order chi connectivity index (χ1) is 12.4. The fourth-order valence-electron chi connectivity index (χ4n) is 2.87. The zero-order chi connectivity index (χ0) is 19.2. The maximum atomic E-state index is 12.9. The molecule has 27 heavy (non-hydrogen) atoms. The Morgan fingerprint density at radius 3 is 2.63 bits per heavy atom. The maximum absolute atomic E-state index is 12.9. The molecular weight excluding hydrogens is 368 g/mol. The molecule has 4 atom stereocenters. The van der Waals surface area contributed by atoms with Crippen molar-refractivity contribution in [2.75, 3.05) is 13.2 Å². The molecule has 0 spiro atoms. The number of cyclic esters (lactones) is 1. The molecule has 1 aliphatic heterocycles. The third-order valence-corrected chi connectivity index (χ3v) is 5.07. The SMILES string of the molecule is CC[C@H](C)C(N)COC(C)(Cc1ccccc1)C(=O)N[C@H]1CCOC1=O.Cl. The summed E-state index contributed by atoms with van der Waals surface area (Å²) in [5.74, 6) is -0.415. The Morgan fingerprint density at radius 2 is 2.07 bits per heavy atom. The molecule has 152 valence electrons. The van der Waals surface area contributed by atoms with Crippen LogP contribution in [0.1, 0.15) is 39.2 Å².